The Morgan fingerprint density at radius 2 is 1.52 bits per heavy atom. The van der Waals surface area contributed by atoms with Crippen LogP contribution in [-0.2, 0) is 19.3 Å². The highest BCUT2D eigenvalue weighted by molar-refractivity contribution is 6.98. The number of halogens is 1. The van der Waals surface area contributed by atoms with Crippen LogP contribution < -0.4 is 10.4 Å². The van der Waals surface area contributed by atoms with Crippen molar-refractivity contribution in [1.29, 1.82) is 0 Å². The Bertz CT molecular complexity index is 838. The van der Waals surface area contributed by atoms with Crippen LogP contribution in [0.3, 0.4) is 0 Å². The Morgan fingerprint density at radius 3 is 1.96 bits per heavy atom. The topological polar surface area (TPSA) is 38.0 Å². The molecule has 1 heterocycles. The number of rotatable bonds is 7. The molecule has 0 saturated heterocycles. The molecule has 0 fully saturated rings. The van der Waals surface area contributed by atoms with E-state index in [-0.39, 0.29) is 5.04 Å². The first-order chi connectivity index (χ1) is 12.9. The number of nitrogens with zero attached hydrogens (tertiary/aromatic N) is 2. The van der Waals surface area contributed by atoms with E-state index < -0.39 is 8.32 Å². The van der Waals surface area contributed by atoms with Gasteiger partial charge in [0.15, 0.2) is 0 Å². The smallest absolute Gasteiger partial charge is 0.258 e. The maximum atomic E-state index is 12.2. The molecule has 0 saturated carbocycles. The molecule has 0 aliphatic carbocycles. The molecule has 3 aromatic rings. The van der Waals surface area contributed by atoms with Crippen molar-refractivity contribution in [3.05, 3.63) is 78.1 Å². The van der Waals surface area contributed by atoms with Crippen molar-refractivity contribution in [2.45, 2.75) is 37.6 Å². The Morgan fingerprint density at radius 1 is 1.00 bits per heavy atom. The second-order valence-corrected chi connectivity index (χ2v) is 11.9. The first kappa shape index (κ1) is 19.9. The molecule has 0 amide bonds. The third-order valence-corrected chi connectivity index (χ3v) is 10.4. The molecule has 0 aliphatic rings. The summed E-state index contributed by atoms with van der Waals surface area (Å²) >= 11 is 5.93. The first-order valence-corrected chi connectivity index (χ1v) is 11.8. The van der Waals surface area contributed by atoms with Gasteiger partial charge in [0.2, 0.25) is 0 Å². The van der Waals surface area contributed by atoms with Crippen molar-refractivity contribution in [1.82, 2.24) is 9.78 Å². The van der Waals surface area contributed by atoms with Crippen LogP contribution >= 0.6 is 11.6 Å². The van der Waals surface area contributed by atoms with E-state index >= 15 is 0 Å². The lowest BCUT2D eigenvalue weighted by atomic mass is 10.0. The minimum absolute atomic E-state index is 0.263. The molecule has 0 bridgehead atoms. The fourth-order valence-electron chi connectivity index (χ4n) is 3.80. The Hall–Kier alpha value is -1.88. The van der Waals surface area contributed by atoms with E-state index in [9.17, 15) is 4.80 Å². The summed E-state index contributed by atoms with van der Waals surface area (Å²) in [6, 6.07) is 22.4. The van der Waals surface area contributed by atoms with Crippen LogP contribution in [0.15, 0.2) is 66.7 Å². The third kappa shape index (κ3) is 3.88. The average molecular weight is 399 g/mol. The highest BCUT2D eigenvalue weighted by Crippen LogP contribution is 2.39. The highest BCUT2D eigenvalue weighted by atomic mass is 35.5. The maximum absolute atomic E-state index is 12.2. The van der Waals surface area contributed by atoms with Crippen LogP contribution in [0, 0.1) is 0 Å². The van der Waals surface area contributed by atoms with Gasteiger partial charge in [-0.2, -0.15) is 5.10 Å². The van der Waals surface area contributed by atoms with Gasteiger partial charge in [0.25, 0.3) is 8.32 Å². The van der Waals surface area contributed by atoms with Crippen molar-refractivity contribution >= 4 is 30.3 Å². The normalized spacial score (nSPS) is 12.3. The molecular weight excluding hydrogens is 372 g/mol. The zero-order valence-corrected chi connectivity index (χ0v) is 17.9. The number of hydrogen-bond donors (Lipinski definition) is 1. The average Bonchev–Trinajstić information content (AvgIpc) is 3.07. The van der Waals surface area contributed by atoms with E-state index in [1.54, 1.807) is 0 Å². The Kier molecular flexibility index (Phi) is 5.89. The van der Waals surface area contributed by atoms with Crippen LogP contribution in [0.1, 0.15) is 31.7 Å². The number of alkyl halides is 1. The van der Waals surface area contributed by atoms with Gasteiger partial charge in [0.1, 0.15) is 0 Å². The van der Waals surface area contributed by atoms with Gasteiger partial charge in [-0.05, 0) is 34.3 Å². The van der Waals surface area contributed by atoms with Crippen LogP contribution in [-0.4, -0.2) is 22.9 Å². The molecule has 0 atom stereocenters. The fourth-order valence-corrected chi connectivity index (χ4v) is 7.66. The van der Waals surface area contributed by atoms with Gasteiger partial charge in [0, 0.05) is 12.7 Å². The van der Waals surface area contributed by atoms with E-state index in [0.717, 1.165) is 34.6 Å². The van der Waals surface area contributed by atoms with Crippen LogP contribution in [0.4, 0.5) is 0 Å². The highest BCUT2D eigenvalue weighted by Gasteiger charge is 2.49. The third-order valence-electron chi connectivity index (χ3n) is 5.53. The second-order valence-electron chi connectivity index (χ2n) is 7.71. The number of aromatic nitrogens is 2. The molecule has 1 aromatic heterocycles. The van der Waals surface area contributed by atoms with E-state index in [0.29, 0.717) is 5.88 Å². The Balaban J connectivity index is 1.96. The van der Waals surface area contributed by atoms with Crippen LogP contribution in [0.2, 0.25) is 5.04 Å². The largest absolute Gasteiger partial charge is 0.424 e. The molecule has 1 N–H and O–H groups in total. The van der Waals surface area contributed by atoms with E-state index in [2.05, 4.69) is 49.3 Å². The van der Waals surface area contributed by atoms with Crippen LogP contribution in [0.5, 0.6) is 0 Å². The second kappa shape index (κ2) is 8.01. The minimum atomic E-state index is -2.96. The predicted molar refractivity (Wildman–Crippen MR) is 115 cm³/mol. The summed E-state index contributed by atoms with van der Waals surface area (Å²) in [5, 5.41) is 6.28. The van der Waals surface area contributed by atoms with Gasteiger partial charge < -0.3 is 4.80 Å². The van der Waals surface area contributed by atoms with Gasteiger partial charge >= 0.3 is 0 Å². The van der Waals surface area contributed by atoms with Crippen molar-refractivity contribution in [3.63, 3.8) is 0 Å². The fraction of sp³-hybridized carbons (Fsp3) is 0.318. The van der Waals surface area contributed by atoms with Gasteiger partial charge in [-0.15, -0.1) is 11.6 Å². The molecule has 0 radical (unpaired) electrons. The zero-order valence-electron chi connectivity index (χ0n) is 16.2. The number of benzene rings is 2. The van der Waals surface area contributed by atoms with Crippen molar-refractivity contribution < 1.29 is 4.80 Å². The molecular formula is C22H27ClN2OSi. The predicted octanol–water partition coefficient (Wildman–Crippen LogP) is 3.62. The summed E-state index contributed by atoms with van der Waals surface area (Å²) in [5.41, 5.74) is 2.04. The molecule has 2 aromatic carbocycles. The Labute approximate surface area is 167 Å². The molecule has 27 heavy (non-hydrogen) atoms. The summed E-state index contributed by atoms with van der Waals surface area (Å²) in [6.45, 7) is 4.39. The van der Waals surface area contributed by atoms with Crippen molar-refractivity contribution in [2.75, 3.05) is 0 Å². The lowest BCUT2D eigenvalue weighted by molar-refractivity contribution is 0.462. The quantitative estimate of drug-likeness (QED) is 0.487. The standard InChI is InChI=1S/C22H27ClN2OSi/c1-22(2,15-14-19-16-18(17-23)24-25(19)3)27(26,20-10-6-4-7-11-20)21-12-8-5-9-13-21/h4-13,16,26H,14-15,17H2,1-3H3. The molecule has 3 nitrogen and oxygen atoms in total. The number of hydrogen-bond acceptors (Lipinski definition) is 2. The van der Waals surface area contributed by atoms with E-state index in [1.165, 1.54) is 0 Å². The molecule has 0 spiro atoms. The number of aryl methyl sites for hydroxylation is 2. The van der Waals surface area contributed by atoms with Crippen molar-refractivity contribution in [3.8, 4) is 0 Å². The summed E-state index contributed by atoms with van der Waals surface area (Å²) in [5.74, 6) is 0.421. The lowest BCUT2D eigenvalue weighted by Gasteiger charge is -2.41. The van der Waals surface area contributed by atoms with Gasteiger partial charge in [-0.1, -0.05) is 74.5 Å². The summed E-state index contributed by atoms with van der Waals surface area (Å²) in [6.07, 6.45) is 1.71. The minimum Gasteiger partial charge on any atom is -0.424 e. The first-order valence-electron chi connectivity index (χ1n) is 9.29. The molecule has 5 heteroatoms. The SMILES string of the molecule is Cn1nc(CCl)cc1CCC(C)(C)[Si](O)(c1ccccc1)c1ccccc1. The summed E-state index contributed by atoms with van der Waals surface area (Å²) in [4.78, 5) is 12.2. The molecule has 3 rings (SSSR count). The van der Waals surface area contributed by atoms with Crippen LogP contribution in [0.25, 0.3) is 0 Å². The maximum Gasteiger partial charge on any atom is 0.258 e. The van der Waals surface area contributed by atoms with Crippen molar-refractivity contribution in [2.24, 2.45) is 7.05 Å². The van der Waals surface area contributed by atoms with Gasteiger partial charge in [0.05, 0.1) is 11.6 Å². The molecule has 0 unspecified atom stereocenters. The molecule has 0 aliphatic heterocycles. The summed E-state index contributed by atoms with van der Waals surface area (Å²) < 4.78 is 1.90. The summed E-state index contributed by atoms with van der Waals surface area (Å²) in [7, 11) is -1.00. The monoisotopic (exact) mass is 398 g/mol. The zero-order chi connectivity index (χ0) is 19.5. The molecule has 142 valence electrons. The lowest BCUT2D eigenvalue weighted by Crippen LogP contribution is -2.65. The van der Waals surface area contributed by atoms with E-state index in [4.69, 9.17) is 11.6 Å². The van der Waals surface area contributed by atoms with E-state index in [1.807, 2.05) is 48.1 Å². The van der Waals surface area contributed by atoms with Gasteiger partial charge in [-0.25, -0.2) is 0 Å². The van der Waals surface area contributed by atoms with Gasteiger partial charge in [-0.3, -0.25) is 4.68 Å².